The number of amides is 2. The number of hydrogen-bond acceptors (Lipinski definition) is 5. The summed E-state index contributed by atoms with van der Waals surface area (Å²) >= 11 is 7.90. The second-order valence-electron chi connectivity index (χ2n) is 2.98. The second kappa shape index (κ2) is 12.7. The molecule has 1 atom stereocenters. The zero-order valence-corrected chi connectivity index (χ0v) is 11.3. The highest BCUT2D eigenvalue weighted by Crippen LogP contribution is 1.85. The Kier molecular flexibility index (Phi) is 14.2. The van der Waals surface area contributed by atoms with Crippen LogP contribution in [0.1, 0.15) is 19.8 Å². The summed E-state index contributed by atoms with van der Waals surface area (Å²) in [7, 11) is 0. The molecule has 0 aromatic heterocycles. The van der Waals surface area contributed by atoms with E-state index in [0.29, 0.717) is 18.7 Å². The van der Waals surface area contributed by atoms with Gasteiger partial charge in [-0.2, -0.15) is 25.3 Å². The Balaban J connectivity index is 0. The van der Waals surface area contributed by atoms with Crippen LogP contribution < -0.4 is 16.8 Å². The van der Waals surface area contributed by atoms with Crippen LogP contribution in [0.2, 0.25) is 0 Å². The molecule has 0 spiro atoms. The average molecular weight is 267 g/mol. The highest BCUT2D eigenvalue weighted by molar-refractivity contribution is 7.80. The van der Waals surface area contributed by atoms with Gasteiger partial charge in [0.05, 0.1) is 6.04 Å². The number of hydrogen-bond donors (Lipinski definition) is 5. The first-order valence-electron chi connectivity index (χ1n) is 5.02. The Hall–Kier alpha value is -0.400. The normalized spacial score (nSPS) is 11.0. The zero-order chi connectivity index (χ0) is 13.0. The molecule has 0 bridgehead atoms. The van der Waals surface area contributed by atoms with Gasteiger partial charge >= 0.3 is 0 Å². The van der Waals surface area contributed by atoms with Gasteiger partial charge < -0.3 is 16.8 Å². The van der Waals surface area contributed by atoms with Crippen molar-refractivity contribution >= 4 is 37.1 Å². The van der Waals surface area contributed by atoms with Crippen LogP contribution in [0, 0.1) is 0 Å². The van der Waals surface area contributed by atoms with E-state index in [1.807, 2.05) is 0 Å². The van der Waals surface area contributed by atoms with Crippen molar-refractivity contribution < 1.29 is 9.59 Å². The summed E-state index contributed by atoms with van der Waals surface area (Å²) in [5, 5.41) is 2.67. The van der Waals surface area contributed by atoms with Crippen molar-refractivity contribution in [3.8, 4) is 0 Å². The average Bonchev–Trinajstić information content (AvgIpc) is 2.28. The fourth-order valence-electron chi connectivity index (χ4n) is 0.505. The third-order valence-electron chi connectivity index (χ3n) is 1.52. The van der Waals surface area contributed by atoms with Crippen LogP contribution in [0.3, 0.4) is 0 Å². The SMILES string of the molecule is CCC(N)=O.NC(CS)C(=O)NCCCS. The molecular formula is C9H21N3O2S2. The van der Waals surface area contributed by atoms with E-state index in [4.69, 9.17) is 5.73 Å². The molecule has 0 aliphatic heterocycles. The van der Waals surface area contributed by atoms with Crippen LogP contribution in [-0.2, 0) is 9.59 Å². The summed E-state index contributed by atoms with van der Waals surface area (Å²) in [4.78, 5) is 20.5. The summed E-state index contributed by atoms with van der Waals surface area (Å²) in [6.45, 7) is 2.37. The second-order valence-corrected chi connectivity index (χ2v) is 3.79. The molecule has 0 radical (unpaired) electrons. The highest BCUT2D eigenvalue weighted by atomic mass is 32.1. The van der Waals surface area contributed by atoms with Gasteiger partial charge in [-0.1, -0.05) is 6.92 Å². The highest BCUT2D eigenvalue weighted by Gasteiger charge is 2.08. The molecule has 0 aromatic rings. The maximum absolute atomic E-state index is 10.9. The minimum Gasteiger partial charge on any atom is -0.370 e. The van der Waals surface area contributed by atoms with Crippen molar-refractivity contribution in [1.82, 2.24) is 5.32 Å². The molecule has 7 heteroatoms. The maximum Gasteiger partial charge on any atom is 0.237 e. The summed E-state index contributed by atoms with van der Waals surface area (Å²) in [6, 6.07) is -0.488. The summed E-state index contributed by atoms with van der Waals surface area (Å²) in [6.07, 6.45) is 1.31. The quantitative estimate of drug-likeness (QED) is 0.333. The molecule has 2 amide bonds. The Morgan fingerprint density at radius 3 is 2.19 bits per heavy atom. The topological polar surface area (TPSA) is 98.2 Å². The smallest absolute Gasteiger partial charge is 0.237 e. The molecule has 0 fully saturated rings. The lowest BCUT2D eigenvalue weighted by Crippen LogP contribution is -2.42. The first-order valence-corrected chi connectivity index (χ1v) is 6.29. The number of carbonyl (C=O) groups excluding carboxylic acids is 2. The lowest BCUT2D eigenvalue weighted by molar-refractivity contribution is -0.121. The number of nitrogens with two attached hydrogens (primary N) is 2. The third kappa shape index (κ3) is 13.6. The van der Waals surface area contributed by atoms with Gasteiger partial charge in [-0.05, 0) is 12.2 Å². The fraction of sp³-hybridized carbons (Fsp3) is 0.778. The van der Waals surface area contributed by atoms with Crippen molar-refractivity contribution in [2.75, 3.05) is 18.1 Å². The van der Waals surface area contributed by atoms with Crippen LogP contribution in [0.4, 0.5) is 0 Å². The van der Waals surface area contributed by atoms with E-state index in [1.165, 1.54) is 0 Å². The van der Waals surface area contributed by atoms with Crippen molar-refractivity contribution in [2.24, 2.45) is 11.5 Å². The molecule has 0 aromatic carbocycles. The van der Waals surface area contributed by atoms with Crippen molar-refractivity contribution in [3.05, 3.63) is 0 Å². The monoisotopic (exact) mass is 267 g/mol. The van der Waals surface area contributed by atoms with Crippen LogP contribution in [0.15, 0.2) is 0 Å². The molecule has 1 unspecified atom stereocenters. The molecule has 96 valence electrons. The van der Waals surface area contributed by atoms with Gasteiger partial charge in [-0.25, -0.2) is 0 Å². The van der Waals surface area contributed by atoms with E-state index in [0.717, 1.165) is 12.2 Å². The molecule has 0 aliphatic rings. The van der Waals surface area contributed by atoms with Gasteiger partial charge in [0, 0.05) is 18.7 Å². The zero-order valence-electron chi connectivity index (χ0n) is 9.48. The van der Waals surface area contributed by atoms with Gasteiger partial charge in [0.25, 0.3) is 0 Å². The van der Waals surface area contributed by atoms with Crippen LogP contribution in [0.5, 0.6) is 0 Å². The maximum atomic E-state index is 10.9. The molecule has 0 saturated carbocycles. The molecule has 5 N–H and O–H groups in total. The number of thiol groups is 2. The van der Waals surface area contributed by atoms with E-state index in [2.05, 4.69) is 36.3 Å². The standard InChI is InChI=1S/C6H14N2OS2.C3H7NO/c7-5(4-11)6(9)8-2-1-3-10;1-2-3(4)5/h5,10-11H,1-4,7H2,(H,8,9);2H2,1H3,(H2,4,5). The van der Waals surface area contributed by atoms with Crippen LogP contribution in [0.25, 0.3) is 0 Å². The molecule has 16 heavy (non-hydrogen) atoms. The molecule has 0 rings (SSSR count). The Bertz CT molecular complexity index is 203. The summed E-state index contributed by atoms with van der Waals surface area (Å²) < 4.78 is 0. The van der Waals surface area contributed by atoms with E-state index in [1.54, 1.807) is 6.92 Å². The van der Waals surface area contributed by atoms with Crippen molar-refractivity contribution in [1.29, 1.82) is 0 Å². The third-order valence-corrected chi connectivity index (χ3v) is 2.23. The number of primary amides is 1. The molecule has 5 nitrogen and oxygen atoms in total. The first kappa shape index (κ1) is 18.0. The van der Waals surface area contributed by atoms with E-state index < -0.39 is 6.04 Å². The lowest BCUT2D eigenvalue weighted by atomic mass is 10.3. The fourth-order valence-corrected chi connectivity index (χ4v) is 0.829. The predicted octanol–water partition coefficient (Wildman–Crippen LogP) is -0.439. The van der Waals surface area contributed by atoms with Gasteiger partial charge in [0.2, 0.25) is 11.8 Å². The van der Waals surface area contributed by atoms with Gasteiger partial charge in [-0.3, -0.25) is 9.59 Å². The van der Waals surface area contributed by atoms with Crippen LogP contribution >= 0.6 is 25.3 Å². The van der Waals surface area contributed by atoms with Crippen molar-refractivity contribution in [3.63, 3.8) is 0 Å². The molecule has 0 saturated heterocycles. The van der Waals surface area contributed by atoms with Crippen molar-refractivity contribution in [2.45, 2.75) is 25.8 Å². The van der Waals surface area contributed by atoms with E-state index >= 15 is 0 Å². The lowest BCUT2D eigenvalue weighted by Gasteiger charge is -2.08. The summed E-state index contributed by atoms with van der Waals surface area (Å²) in [5.74, 6) is 0.773. The Labute approximate surface area is 108 Å². The molecule has 0 heterocycles. The minimum atomic E-state index is -0.488. The minimum absolute atomic E-state index is 0.137. The van der Waals surface area contributed by atoms with E-state index in [-0.39, 0.29) is 11.8 Å². The number of carbonyl (C=O) groups is 2. The number of rotatable bonds is 6. The van der Waals surface area contributed by atoms with E-state index in [9.17, 15) is 9.59 Å². The number of nitrogens with one attached hydrogen (secondary N) is 1. The predicted molar refractivity (Wildman–Crippen MR) is 72.8 cm³/mol. The molecular weight excluding hydrogens is 246 g/mol. The first-order chi connectivity index (χ1) is 7.49. The van der Waals surface area contributed by atoms with Gasteiger partial charge in [0.15, 0.2) is 0 Å². The van der Waals surface area contributed by atoms with Crippen LogP contribution in [-0.4, -0.2) is 35.9 Å². The Morgan fingerprint density at radius 2 is 1.88 bits per heavy atom. The largest absolute Gasteiger partial charge is 0.370 e. The Morgan fingerprint density at radius 1 is 1.38 bits per heavy atom. The van der Waals surface area contributed by atoms with Gasteiger partial charge in [0.1, 0.15) is 0 Å². The van der Waals surface area contributed by atoms with Gasteiger partial charge in [-0.15, -0.1) is 0 Å². The summed E-state index contributed by atoms with van der Waals surface area (Å²) in [5.41, 5.74) is 10.0. The molecule has 0 aliphatic carbocycles.